The Balaban J connectivity index is 1.32. The Morgan fingerprint density at radius 2 is 1.95 bits per heavy atom. The quantitative estimate of drug-likeness (QED) is 0.493. The van der Waals surface area contributed by atoms with Gasteiger partial charge in [-0.2, -0.15) is 5.10 Å². The molecule has 2 aromatic rings. The van der Waals surface area contributed by atoms with E-state index in [1.54, 1.807) is 17.1 Å². The van der Waals surface area contributed by atoms with Crippen LogP contribution < -0.4 is 16.0 Å². The number of anilines is 1. The van der Waals surface area contributed by atoms with E-state index in [-0.39, 0.29) is 36.2 Å². The molecular formula is C30H40N6O4. The molecule has 0 bridgehead atoms. The number of benzene rings is 1. The van der Waals surface area contributed by atoms with Gasteiger partial charge in [-0.1, -0.05) is 42.5 Å². The molecule has 10 nitrogen and oxygen atoms in total. The third-order valence-corrected chi connectivity index (χ3v) is 8.45. The van der Waals surface area contributed by atoms with E-state index < -0.39 is 11.5 Å². The molecule has 0 saturated carbocycles. The Morgan fingerprint density at radius 1 is 1.15 bits per heavy atom. The first-order valence-electron chi connectivity index (χ1n) is 14.3. The maximum Gasteiger partial charge on any atom is 0.243 e. The minimum absolute atomic E-state index is 0.0403. The fraction of sp³-hybridized carbons (Fsp3) is 0.533. The number of aromatic nitrogens is 2. The molecule has 40 heavy (non-hydrogen) atoms. The molecule has 2 fully saturated rings. The van der Waals surface area contributed by atoms with Crippen LogP contribution in [0.2, 0.25) is 0 Å². The Labute approximate surface area is 235 Å². The van der Waals surface area contributed by atoms with Crippen molar-refractivity contribution in [2.75, 3.05) is 38.2 Å². The van der Waals surface area contributed by atoms with Crippen LogP contribution in [-0.4, -0.2) is 77.3 Å². The average Bonchev–Trinajstić information content (AvgIpc) is 3.36. The van der Waals surface area contributed by atoms with E-state index in [1.165, 1.54) is 0 Å². The number of allylic oxidation sites excluding steroid dienone is 2. The number of likely N-dealkylation sites (tertiary alicyclic amines) is 1. The van der Waals surface area contributed by atoms with E-state index in [1.807, 2.05) is 37.4 Å². The summed E-state index contributed by atoms with van der Waals surface area (Å²) in [6, 6.07) is 9.11. The molecule has 0 unspecified atom stereocenters. The zero-order valence-corrected chi connectivity index (χ0v) is 23.2. The van der Waals surface area contributed by atoms with Crippen molar-refractivity contribution in [1.82, 2.24) is 25.3 Å². The zero-order valence-electron chi connectivity index (χ0n) is 23.2. The fourth-order valence-electron chi connectivity index (χ4n) is 6.09. The first-order chi connectivity index (χ1) is 19.4. The molecule has 3 aliphatic heterocycles. The third-order valence-electron chi connectivity index (χ3n) is 8.45. The molecule has 3 amide bonds. The summed E-state index contributed by atoms with van der Waals surface area (Å²) in [4.78, 5) is 42.3. The van der Waals surface area contributed by atoms with Gasteiger partial charge in [0.15, 0.2) is 0 Å². The van der Waals surface area contributed by atoms with Crippen LogP contribution in [0.3, 0.4) is 0 Å². The molecule has 1 aromatic heterocycles. The van der Waals surface area contributed by atoms with Crippen molar-refractivity contribution in [3.8, 4) is 0 Å². The van der Waals surface area contributed by atoms with Gasteiger partial charge < -0.3 is 20.7 Å². The lowest BCUT2D eigenvalue weighted by molar-refractivity contribution is -0.140. The highest BCUT2D eigenvalue weighted by Gasteiger charge is 2.41. The van der Waals surface area contributed by atoms with Crippen LogP contribution in [0.25, 0.3) is 0 Å². The Bertz CT molecular complexity index is 1210. The van der Waals surface area contributed by atoms with Crippen LogP contribution in [0.15, 0.2) is 54.9 Å². The van der Waals surface area contributed by atoms with Crippen molar-refractivity contribution in [2.24, 2.45) is 18.4 Å². The molecule has 0 radical (unpaired) electrons. The fourth-order valence-corrected chi connectivity index (χ4v) is 6.09. The van der Waals surface area contributed by atoms with Gasteiger partial charge in [0.05, 0.1) is 23.8 Å². The summed E-state index contributed by atoms with van der Waals surface area (Å²) < 4.78 is 7.24. The number of fused-ring (bicyclic) bond motifs is 1. The Morgan fingerprint density at radius 3 is 2.70 bits per heavy atom. The summed E-state index contributed by atoms with van der Waals surface area (Å²) in [6.45, 7) is 2.76. The highest BCUT2D eigenvalue weighted by Crippen LogP contribution is 2.36. The maximum absolute atomic E-state index is 13.7. The van der Waals surface area contributed by atoms with Gasteiger partial charge in [-0.05, 0) is 43.6 Å². The van der Waals surface area contributed by atoms with E-state index in [4.69, 9.17) is 4.74 Å². The Hall–Kier alpha value is -3.50. The van der Waals surface area contributed by atoms with Gasteiger partial charge >= 0.3 is 0 Å². The number of hydrogen-bond acceptors (Lipinski definition) is 6. The largest absolute Gasteiger partial charge is 0.381 e. The van der Waals surface area contributed by atoms with E-state index in [2.05, 4.69) is 38.1 Å². The maximum atomic E-state index is 13.7. The van der Waals surface area contributed by atoms with Crippen molar-refractivity contribution in [3.63, 3.8) is 0 Å². The van der Waals surface area contributed by atoms with Crippen LogP contribution in [0, 0.1) is 11.3 Å². The van der Waals surface area contributed by atoms with Gasteiger partial charge in [-0.15, -0.1) is 0 Å². The Kier molecular flexibility index (Phi) is 8.96. The van der Waals surface area contributed by atoms with Crippen molar-refractivity contribution in [2.45, 2.75) is 50.6 Å². The minimum atomic E-state index is -0.665. The molecule has 214 valence electrons. The van der Waals surface area contributed by atoms with Gasteiger partial charge in [0.1, 0.15) is 6.04 Å². The van der Waals surface area contributed by atoms with Gasteiger partial charge in [0.25, 0.3) is 0 Å². The smallest absolute Gasteiger partial charge is 0.243 e. The standard InChI is InChI=1S/C30H40N6O4/c1-35-20-24(18-31-35)32-27(37)21-36-14-10-25-23(19-36)9-5-6-11-30(12-15-40-16-13-30)29(39)34-26(28(38)33-25)17-22-7-3-2-4-8-22/h2-8,18,20,23,25-26H,9-17,19,21H2,1H3,(H,32,37)(H,33,38)(H,34,39)/b6-5+/t23-,25+,26-/m0/s1. The van der Waals surface area contributed by atoms with Crippen molar-refractivity contribution in [1.29, 1.82) is 0 Å². The average molecular weight is 549 g/mol. The van der Waals surface area contributed by atoms with E-state index in [0.29, 0.717) is 57.7 Å². The lowest BCUT2D eigenvalue weighted by atomic mass is 9.75. The van der Waals surface area contributed by atoms with Crippen molar-refractivity contribution in [3.05, 3.63) is 60.4 Å². The summed E-state index contributed by atoms with van der Waals surface area (Å²) in [5.74, 6) is -0.144. The molecule has 5 rings (SSSR count). The van der Waals surface area contributed by atoms with Crippen LogP contribution in [0.5, 0.6) is 0 Å². The predicted octanol–water partition coefficient (Wildman–Crippen LogP) is 2.04. The molecule has 3 N–H and O–H groups in total. The highest BCUT2D eigenvalue weighted by atomic mass is 16.5. The van der Waals surface area contributed by atoms with Crippen molar-refractivity contribution < 1.29 is 19.1 Å². The predicted molar refractivity (Wildman–Crippen MR) is 151 cm³/mol. The zero-order chi connectivity index (χ0) is 28.0. The molecule has 3 atom stereocenters. The number of nitrogens with zero attached hydrogens (tertiary/aromatic N) is 3. The second kappa shape index (κ2) is 12.8. The molecule has 4 heterocycles. The monoisotopic (exact) mass is 548 g/mol. The number of ether oxygens (including phenoxy) is 1. The minimum Gasteiger partial charge on any atom is -0.381 e. The van der Waals surface area contributed by atoms with Crippen LogP contribution in [-0.2, 0) is 32.6 Å². The molecule has 3 aliphatic rings. The van der Waals surface area contributed by atoms with Gasteiger partial charge in [-0.3, -0.25) is 24.0 Å². The van der Waals surface area contributed by atoms with Crippen LogP contribution in [0.4, 0.5) is 5.69 Å². The summed E-state index contributed by atoms with van der Waals surface area (Å²) in [5.41, 5.74) is 1.10. The van der Waals surface area contributed by atoms with Gasteiger partial charge in [0, 0.05) is 52.0 Å². The van der Waals surface area contributed by atoms with Crippen LogP contribution >= 0.6 is 0 Å². The number of carbonyl (C=O) groups is 3. The van der Waals surface area contributed by atoms with E-state index >= 15 is 0 Å². The number of piperidine rings is 1. The molecule has 1 spiro atoms. The normalized spacial score (nSPS) is 26.5. The SMILES string of the molecule is Cn1cc(NC(=O)CN2CC[C@H]3NC(=O)[C@H](Cc4ccccc4)NC(=O)C4(C/C=C/C[C@H]3C2)CCOCC4)cn1. The molecular weight excluding hydrogens is 508 g/mol. The summed E-state index contributed by atoms with van der Waals surface area (Å²) in [5, 5.41) is 13.4. The number of aryl methyl sites for hydroxylation is 1. The van der Waals surface area contributed by atoms with Crippen LogP contribution in [0.1, 0.15) is 37.7 Å². The number of carbonyl (C=O) groups excluding carboxylic acids is 3. The second-order valence-corrected chi connectivity index (χ2v) is 11.4. The van der Waals surface area contributed by atoms with E-state index in [0.717, 1.165) is 18.4 Å². The van der Waals surface area contributed by atoms with Crippen molar-refractivity contribution >= 4 is 23.4 Å². The molecule has 2 saturated heterocycles. The molecule has 1 aromatic carbocycles. The highest BCUT2D eigenvalue weighted by molar-refractivity contribution is 5.92. The molecule has 10 heteroatoms. The number of rotatable bonds is 5. The number of amides is 3. The first kappa shape index (κ1) is 28.0. The second-order valence-electron chi connectivity index (χ2n) is 11.4. The number of nitrogens with one attached hydrogen (secondary N) is 3. The lowest BCUT2D eigenvalue weighted by Crippen LogP contribution is -2.58. The summed E-state index contributed by atoms with van der Waals surface area (Å²) >= 11 is 0. The first-order valence-corrected chi connectivity index (χ1v) is 14.3. The third kappa shape index (κ3) is 6.98. The summed E-state index contributed by atoms with van der Waals surface area (Å²) in [6.07, 6.45) is 11.5. The van der Waals surface area contributed by atoms with Gasteiger partial charge in [-0.25, -0.2) is 0 Å². The topological polar surface area (TPSA) is 118 Å². The lowest BCUT2D eigenvalue weighted by Gasteiger charge is -2.40. The van der Waals surface area contributed by atoms with E-state index in [9.17, 15) is 14.4 Å². The molecule has 0 aliphatic carbocycles. The summed E-state index contributed by atoms with van der Waals surface area (Å²) in [7, 11) is 1.81. The number of hydrogen-bond donors (Lipinski definition) is 3. The van der Waals surface area contributed by atoms with Gasteiger partial charge in [0.2, 0.25) is 17.7 Å².